The molecule has 22 heavy (non-hydrogen) atoms. The summed E-state index contributed by atoms with van der Waals surface area (Å²) in [7, 11) is 0. The molecule has 6 nitrogen and oxygen atoms in total. The summed E-state index contributed by atoms with van der Waals surface area (Å²) in [6, 6.07) is 1.13. The first-order valence-electron chi connectivity index (χ1n) is 7.22. The van der Waals surface area contributed by atoms with Crippen molar-refractivity contribution in [2.45, 2.75) is 25.8 Å². The molecule has 1 fully saturated rings. The molecule has 3 heterocycles. The maximum absolute atomic E-state index is 12.6. The molecule has 118 valence electrons. The van der Waals surface area contributed by atoms with E-state index in [1.165, 1.54) is 0 Å². The zero-order chi connectivity index (χ0) is 15.5. The predicted octanol–water partition coefficient (Wildman–Crippen LogP) is 2.10. The molecule has 8 heteroatoms. The molecule has 1 aliphatic heterocycles. The van der Waals surface area contributed by atoms with Gasteiger partial charge in [0, 0.05) is 32.0 Å². The number of imidazole rings is 1. The first-order chi connectivity index (χ1) is 10.6. The number of hydrogen-bond donors (Lipinski definition) is 1. The van der Waals surface area contributed by atoms with E-state index in [9.17, 15) is 13.6 Å². The van der Waals surface area contributed by atoms with Crippen LogP contribution in [0.2, 0.25) is 0 Å². The normalized spacial score (nSPS) is 18.9. The van der Waals surface area contributed by atoms with E-state index in [0.717, 1.165) is 25.5 Å². The summed E-state index contributed by atoms with van der Waals surface area (Å²) in [6.45, 7) is 2.04. The van der Waals surface area contributed by atoms with Gasteiger partial charge in [0.1, 0.15) is 5.69 Å². The molecule has 1 aliphatic rings. The Hall–Kier alpha value is -2.25. The third kappa shape index (κ3) is 3.15. The van der Waals surface area contributed by atoms with Gasteiger partial charge >= 0.3 is 0 Å². The minimum absolute atomic E-state index is 0.0542. The molecule has 2 aromatic heterocycles. The summed E-state index contributed by atoms with van der Waals surface area (Å²) in [5.41, 5.74) is -0.270. The van der Waals surface area contributed by atoms with Crippen LogP contribution in [0, 0.1) is 5.92 Å². The van der Waals surface area contributed by atoms with Crippen molar-refractivity contribution in [2.24, 2.45) is 5.92 Å². The van der Waals surface area contributed by atoms with Gasteiger partial charge in [-0.05, 0) is 24.8 Å². The van der Waals surface area contributed by atoms with Crippen LogP contribution >= 0.6 is 0 Å². The summed E-state index contributed by atoms with van der Waals surface area (Å²) in [6.07, 6.45) is 4.65. The lowest BCUT2D eigenvalue weighted by atomic mass is 9.97. The second-order valence-electron chi connectivity index (χ2n) is 5.53. The fourth-order valence-corrected chi connectivity index (χ4v) is 2.81. The predicted molar refractivity (Wildman–Crippen MR) is 74.4 cm³/mol. The Labute approximate surface area is 126 Å². The van der Waals surface area contributed by atoms with Gasteiger partial charge in [-0.3, -0.25) is 9.89 Å². The molecular weight excluding hydrogens is 292 g/mol. The molecule has 1 saturated heterocycles. The van der Waals surface area contributed by atoms with E-state index in [1.807, 2.05) is 10.8 Å². The van der Waals surface area contributed by atoms with E-state index < -0.39 is 6.43 Å². The maximum atomic E-state index is 12.6. The van der Waals surface area contributed by atoms with Crippen LogP contribution in [0.3, 0.4) is 0 Å². The van der Waals surface area contributed by atoms with E-state index in [4.69, 9.17) is 0 Å². The van der Waals surface area contributed by atoms with Crippen molar-refractivity contribution in [3.63, 3.8) is 0 Å². The third-order valence-corrected chi connectivity index (χ3v) is 3.89. The van der Waals surface area contributed by atoms with Crippen LogP contribution in [0.4, 0.5) is 8.78 Å². The fraction of sp³-hybridized carbons (Fsp3) is 0.500. The Morgan fingerprint density at radius 3 is 3.05 bits per heavy atom. The Morgan fingerprint density at radius 2 is 2.36 bits per heavy atom. The standard InChI is InChI=1S/C14H17F2N5O/c15-13(16)11-6-12(19-18-11)14(22)21-4-1-2-10(8-21)7-20-5-3-17-9-20/h3,5-6,9-10,13H,1-2,4,7-8H2,(H,18,19). The lowest BCUT2D eigenvalue weighted by Gasteiger charge is -2.32. The number of likely N-dealkylation sites (tertiary alicyclic amines) is 1. The first kappa shape index (κ1) is 14.7. The largest absolute Gasteiger partial charge is 0.337 e. The van der Waals surface area contributed by atoms with Gasteiger partial charge in [-0.15, -0.1) is 0 Å². The van der Waals surface area contributed by atoms with Crippen LogP contribution in [0.25, 0.3) is 0 Å². The van der Waals surface area contributed by atoms with Crippen LogP contribution in [0.5, 0.6) is 0 Å². The molecule has 0 aromatic carbocycles. The Morgan fingerprint density at radius 1 is 1.50 bits per heavy atom. The molecule has 1 N–H and O–H groups in total. The second kappa shape index (κ2) is 6.25. The summed E-state index contributed by atoms with van der Waals surface area (Å²) in [4.78, 5) is 18.1. The van der Waals surface area contributed by atoms with Crippen LogP contribution in [0.1, 0.15) is 35.4 Å². The van der Waals surface area contributed by atoms with E-state index in [-0.39, 0.29) is 17.3 Å². The number of nitrogens with one attached hydrogen (secondary N) is 1. The quantitative estimate of drug-likeness (QED) is 0.940. The van der Waals surface area contributed by atoms with Gasteiger partial charge in [0.15, 0.2) is 5.69 Å². The molecule has 2 aromatic rings. The summed E-state index contributed by atoms with van der Waals surface area (Å²) in [5.74, 6) is 0.0406. The molecule has 3 rings (SSSR count). The molecular formula is C14H17F2N5O. The SMILES string of the molecule is O=C(c1cc(C(F)F)[nH]n1)N1CCCC(Cn2ccnc2)C1. The molecule has 0 saturated carbocycles. The minimum Gasteiger partial charge on any atom is -0.337 e. The molecule has 1 atom stereocenters. The third-order valence-electron chi connectivity index (χ3n) is 3.89. The molecule has 0 radical (unpaired) electrons. The highest BCUT2D eigenvalue weighted by molar-refractivity contribution is 5.92. The average molecular weight is 309 g/mol. The number of rotatable bonds is 4. The number of carbonyl (C=O) groups is 1. The highest BCUT2D eigenvalue weighted by atomic mass is 19.3. The van der Waals surface area contributed by atoms with Crippen molar-refractivity contribution >= 4 is 5.91 Å². The number of carbonyl (C=O) groups excluding carboxylic acids is 1. The molecule has 0 spiro atoms. The molecule has 1 unspecified atom stereocenters. The van der Waals surface area contributed by atoms with Crippen molar-refractivity contribution in [3.05, 3.63) is 36.2 Å². The number of aromatic amines is 1. The maximum Gasteiger partial charge on any atom is 0.279 e. The van der Waals surface area contributed by atoms with E-state index in [0.29, 0.717) is 19.0 Å². The van der Waals surface area contributed by atoms with Crippen molar-refractivity contribution in [1.29, 1.82) is 0 Å². The van der Waals surface area contributed by atoms with E-state index >= 15 is 0 Å². The van der Waals surface area contributed by atoms with Crippen LogP contribution < -0.4 is 0 Å². The molecule has 0 bridgehead atoms. The topological polar surface area (TPSA) is 66.8 Å². The summed E-state index contributed by atoms with van der Waals surface area (Å²) < 4.78 is 27.1. The molecule has 1 amide bonds. The van der Waals surface area contributed by atoms with Gasteiger partial charge in [0.2, 0.25) is 0 Å². The van der Waals surface area contributed by atoms with Gasteiger partial charge in [-0.2, -0.15) is 5.10 Å². The summed E-state index contributed by atoms with van der Waals surface area (Å²) >= 11 is 0. The summed E-state index contributed by atoms with van der Waals surface area (Å²) in [5, 5.41) is 5.91. The number of aromatic nitrogens is 4. The van der Waals surface area contributed by atoms with Gasteiger partial charge in [0.25, 0.3) is 12.3 Å². The van der Waals surface area contributed by atoms with Gasteiger partial charge in [-0.1, -0.05) is 0 Å². The number of alkyl halides is 2. The minimum atomic E-state index is -2.65. The smallest absolute Gasteiger partial charge is 0.279 e. The number of hydrogen-bond acceptors (Lipinski definition) is 3. The number of H-pyrrole nitrogens is 1. The van der Waals surface area contributed by atoms with Crippen molar-refractivity contribution < 1.29 is 13.6 Å². The van der Waals surface area contributed by atoms with Crippen molar-refractivity contribution in [3.8, 4) is 0 Å². The lowest BCUT2D eigenvalue weighted by molar-refractivity contribution is 0.0656. The highest BCUT2D eigenvalue weighted by Crippen LogP contribution is 2.21. The van der Waals surface area contributed by atoms with Crippen LogP contribution in [0.15, 0.2) is 24.8 Å². The van der Waals surface area contributed by atoms with Crippen molar-refractivity contribution in [1.82, 2.24) is 24.6 Å². The Bertz CT molecular complexity index is 625. The highest BCUT2D eigenvalue weighted by Gasteiger charge is 2.26. The van der Waals surface area contributed by atoms with Crippen LogP contribution in [-0.4, -0.2) is 43.6 Å². The van der Waals surface area contributed by atoms with E-state index in [2.05, 4.69) is 15.2 Å². The van der Waals surface area contributed by atoms with Gasteiger partial charge in [-0.25, -0.2) is 13.8 Å². The Kier molecular flexibility index (Phi) is 4.17. The fourth-order valence-electron chi connectivity index (χ4n) is 2.81. The van der Waals surface area contributed by atoms with Crippen molar-refractivity contribution in [2.75, 3.05) is 13.1 Å². The first-order valence-corrected chi connectivity index (χ1v) is 7.22. The zero-order valence-corrected chi connectivity index (χ0v) is 12.0. The average Bonchev–Trinajstić information content (AvgIpc) is 3.18. The monoisotopic (exact) mass is 309 g/mol. The molecule has 0 aliphatic carbocycles. The van der Waals surface area contributed by atoms with E-state index in [1.54, 1.807) is 17.4 Å². The number of piperidine rings is 1. The lowest BCUT2D eigenvalue weighted by Crippen LogP contribution is -2.41. The second-order valence-corrected chi connectivity index (χ2v) is 5.53. The number of amides is 1. The number of halogens is 2. The van der Waals surface area contributed by atoms with Gasteiger partial charge < -0.3 is 9.47 Å². The number of nitrogens with zero attached hydrogens (tertiary/aromatic N) is 4. The zero-order valence-electron chi connectivity index (χ0n) is 12.0. The van der Waals surface area contributed by atoms with Gasteiger partial charge in [0.05, 0.1) is 6.33 Å². The Balaban J connectivity index is 1.64. The van der Waals surface area contributed by atoms with Crippen LogP contribution in [-0.2, 0) is 6.54 Å².